The van der Waals surface area contributed by atoms with Crippen LogP contribution < -0.4 is 0 Å². The Kier molecular flexibility index (Phi) is 7.01. The molecule has 0 saturated heterocycles. The van der Waals surface area contributed by atoms with Gasteiger partial charge < -0.3 is 9.16 Å². The second kappa shape index (κ2) is 7.24. The minimum atomic E-state index is -1.66. The summed E-state index contributed by atoms with van der Waals surface area (Å²) in [5.41, 5.74) is 0.668. The zero-order valence-corrected chi connectivity index (χ0v) is 14.8. The van der Waals surface area contributed by atoms with Crippen LogP contribution in [0.2, 0.25) is 18.1 Å². The molecule has 0 saturated carbocycles. The fourth-order valence-corrected chi connectivity index (χ4v) is 2.39. The van der Waals surface area contributed by atoms with Crippen LogP contribution in [0, 0.1) is 5.92 Å². The van der Waals surface area contributed by atoms with Gasteiger partial charge in [-0.05, 0) is 37.4 Å². The molecule has 0 spiro atoms. The van der Waals surface area contributed by atoms with Crippen LogP contribution in [0.25, 0.3) is 0 Å². The highest BCUT2D eigenvalue weighted by molar-refractivity contribution is 6.74. The van der Waals surface area contributed by atoms with E-state index in [-0.39, 0.29) is 11.0 Å². The van der Waals surface area contributed by atoms with Gasteiger partial charge in [0.2, 0.25) is 0 Å². The minimum Gasteiger partial charge on any atom is -0.466 e. The number of hydrogen-bond acceptors (Lipinski definition) is 3. The fraction of sp³-hybridized carbons (Fsp3) is 0.800. The van der Waals surface area contributed by atoms with Gasteiger partial charge in [0, 0.05) is 12.2 Å². The molecule has 112 valence electrons. The van der Waals surface area contributed by atoms with E-state index in [9.17, 15) is 4.79 Å². The molecule has 0 aromatic heterocycles. The van der Waals surface area contributed by atoms with Crippen molar-refractivity contribution in [3.8, 4) is 0 Å². The first-order valence-electron chi connectivity index (χ1n) is 6.90. The van der Waals surface area contributed by atoms with Gasteiger partial charge in [-0.15, -0.1) is 0 Å². The van der Waals surface area contributed by atoms with Crippen molar-refractivity contribution >= 4 is 14.3 Å². The normalized spacial score (nSPS) is 15.3. The van der Waals surface area contributed by atoms with Gasteiger partial charge in [0.25, 0.3) is 0 Å². The molecule has 0 N–H and O–H groups in total. The third kappa shape index (κ3) is 6.39. The average Bonchev–Trinajstić information content (AvgIpc) is 2.30. The Labute approximate surface area is 119 Å². The maximum atomic E-state index is 11.3. The second-order valence-corrected chi connectivity index (χ2v) is 11.6. The minimum absolute atomic E-state index is 0.241. The molecule has 3 nitrogen and oxygen atoms in total. The zero-order chi connectivity index (χ0) is 15.3. The van der Waals surface area contributed by atoms with E-state index in [4.69, 9.17) is 4.43 Å². The van der Waals surface area contributed by atoms with Crippen LogP contribution in [0.1, 0.15) is 41.0 Å². The van der Waals surface area contributed by atoms with Crippen LogP contribution in [0.4, 0.5) is 0 Å². The molecule has 0 heterocycles. The Bertz CT molecular complexity index is 327. The van der Waals surface area contributed by atoms with Crippen molar-refractivity contribution in [3.05, 3.63) is 11.6 Å². The van der Waals surface area contributed by atoms with Gasteiger partial charge in [0.15, 0.2) is 8.32 Å². The zero-order valence-electron chi connectivity index (χ0n) is 13.8. The summed E-state index contributed by atoms with van der Waals surface area (Å²) < 4.78 is 10.8. The van der Waals surface area contributed by atoms with Gasteiger partial charge in [0.1, 0.15) is 0 Å². The molecule has 0 aliphatic rings. The van der Waals surface area contributed by atoms with Gasteiger partial charge in [0.05, 0.1) is 7.11 Å². The van der Waals surface area contributed by atoms with Gasteiger partial charge in [-0.25, -0.2) is 4.79 Å². The molecule has 0 aromatic carbocycles. The Morgan fingerprint density at radius 3 is 2.26 bits per heavy atom. The SMILES string of the molecule is COC(=O)/C(C)=C/C[C@@H](C)CO[Si](C)(C)C(C)(C)C. The number of allylic oxidation sites excluding steroid dienone is 1. The van der Waals surface area contributed by atoms with E-state index < -0.39 is 8.32 Å². The lowest BCUT2D eigenvalue weighted by Crippen LogP contribution is -2.41. The monoisotopic (exact) mass is 286 g/mol. The summed E-state index contributed by atoms with van der Waals surface area (Å²) in [7, 11) is -0.259. The lowest BCUT2D eigenvalue weighted by molar-refractivity contribution is -0.136. The Morgan fingerprint density at radius 2 is 1.84 bits per heavy atom. The molecule has 0 aromatic rings. The molecular formula is C15H30O3Si. The molecular weight excluding hydrogens is 256 g/mol. The lowest BCUT2D eigenvalue weighted by Gasteiger charge is -2.36. The highest BCUT2D eigenvalue weighted by atomic mass is 28.4. The van der Waals surface area contributed by atoms with Crippen LogP contribution >= 0.6 is 0 Å². The van der Waals surface area contributed by atoms with Crippen molar-refractivity contribution < 1.29 is 14.0 Å². The molecule has 0 aliphatic heterocycles. The van der Waals surface area contributed by atoms with Crippen molar-refractivity contribution in [2.45, 2.75) is 59.2 Å². The van der Waals surface area contributed by atoms with Crippen molar-refractivity contribution in [2.24, 2.45) is 5.92 Å². The molecule has 0 fully saturated rings. The van der Waals surface area contributed by atoms with E-state index in [0.29, 0.717) is 11.5 Å². The Hall–Kier alpha value is -0.613. The third-order valence-electron chi connectivity index (χ3n) is 3.87. The first-order chi connectivity index (χ1) is 8.51. The number of methoxy groups -OCH3 is 1. The van der Waals surface area contributed by atoms with E-state index in [0.717, 1.165) is 13.0 Å². The number of rotatable bonds is 6. The van der Waals surface area contributed by atoms with Gasteiger partial charge in [-0.1, -0.05) is 33.8 Å². The van der Waals surface area contributed by atoms with E-state index in [1.165, 1.54) is 7.11 Å². The average molecular weight is 286 g/mol. The van der Waals surface area contributed by atoms with Crippen LogP contribution in [-0.2, 0) is 14.0 Å². The molecule has 0 amide bonds. The number of carbonyl (C=O) groups excluding carboxylic acids is 1. The van der Waals surface area contributed by atoms with Crippen LogP contribution in [0.3, 0.4) is 0 Å². The highest BCUT2D eigenvalue weighted by Crippen LogP contribution is 2.36. The number of esters is 1. The molecule has 19 heavy (non-hydrogen) atoms. The number of ether oxygens (including phenoxy) is 1. The van der Waals surface area contributed by atoms with Crippen LogP contribution in [0.15, 0.2) is 11.6 Å². The van der Waals surface area contributed by atoms with Gasteiger partial charge in [-0.3, -0.25) is 0 Å². The molecule has 4 heteroatoms. The predicted molar refractivity (Wildman–Crippen MR) is 82.7 cm³/mol. The fourth-order valence-electron chi connectivity index (χ4n) is 1.26. The van der Waals surface area contributed by atoms with Gasteiger partial charge in [-0.2, -0.15) is 0 Å². The summed E-state index contributed by atoms with van der Waals surface area (Å²) in [5.74, 6) is 0.159. The molecule has 0 radical (unpaired) electrons. The van der Waals surface area contributed by atoms with Crippen molar-refractivity contribution in [1.82, 2.24) is 0 Å². The van der Waals surface area contributed by atoms with E-state index >= 15 is 0 Å². The quantitative estimate of drug-likeness (QED) is 0.418. The standard InChI is InChI=1S/C15H30O3Si/c1-12(9-10-13(2)14(16)17-6)11-18-19(7,8)15(3,4)5/h10,12H,9,11H2,1-8H3/b13-10+/t12-/m1/s1. The highest BCUT2D eigenvalue weighted by Gasteiger charge is 2.37. The van der Waals surface area contributed by atoms with Crippen molar-refractivity contribution in [1.29, 1.82) is 0 Å². The second-order valence-electron chi connectivity index (χ2n) is 6.79. The summed E-state index contributed by atoms with van der Waals surface area (Å²) in [4.78, 5) is 11.3. The first kappa shape index (κ1) is 18.4. The van der Waals surface area contributed by atoms with E-state index in [1.54, 1.807) is 6.92 Å². The summed E-state index contributed by atoms with van der Waals surface area (Å²) in [6, 6.07) is 0. The number of hydrogen-bond donors (Lipinski definition) is 0. The third-order valence-corrected chi connectivity index (χ3v) is 8.37. The summed E-state index contributed by atoms with van der Waals surface area (Å²) in [6.07, 6.45) is 2.78. The van der Waals surface area contributed by atoms with Crippen LogP contribution in [-0.4, -0.2) is 28.0 Å². The van der Waals surface area contributed by atoms with E-state index in [2.05, 4.69) is 45.5 Å². The lowest BCUT2D eigenvalue weighted by atomic mass is 10.1. The summed E-state index contributed by atoms with van der Waals surface area (Å²) in [5, 5.41) is 0.241. The Morgan fingerprint density at radius 1 is 1.32 bits per heavy atom. The molecule has 0 bridgehead atoms. The Balaban J connectivity index is 4.28. The summed E-state index contributed by atoms with van der Waals surface area (Å²) >= 11 is 0. The van der Waals surface area contributed by atoms with E-state index in [1.807, 2.05) is 6.08 Å². The topological polar surface area (TPSA) is 35.5 Å². The van der Waals surface area contributed by atoms with Gasteiger partial charge >= 0.3 is 5.97 Å². The molecule has 1 atom stereocenters. The molecule has 0 aliphatic carbocycles. The largest absolute Gasteiger partial charge is 0.466 e. The number of carbonyl (C=O) groups is 1. The van der Waals surface area contributed by atoms with Crippen LogP contribution in [0.5, 0.6) is 0 Å². The summed E-state index contributed by atoms with van der Waals surface area (Å²) in [6.45, 7) is 15.9. The maximum absolute atomic E-state index is 11.3. The van der Waals surface area contributed by atoms with Crippen molar-refractivity contribution in [3.63, 3.8) is 0 Å². The predicted octanol–water partition coefficient (Wildman–Crippen LogP) is 4.15. The molecule has 0 unspecified atom stereocenters. The maximum Gasteiger partial charge on any atom is 0.333 e. The molecule has 0 rings (SSSR count). The first-order valence-corrected chi connectivity index (χ1v) is 9.81. The van der Waals surface area contributed by atoms with Crippen molar-refractivity contribution in [2.75, 3.05) is 13.7 Å². The smallest absolute Gasteiger partial charge is 0.333 e.